The number of aliphatic hydroxyl groups excluding tert-OH is 1. The van der Waals surface area contributed by atoms with Crippen LogP contribution in [0.1, 0.15) is 31.2 Å². The van der Waals surface area contributed by atoms with Crippen LogP contribution in [0.5, 0.6) is 0 Å². The molecule has 0 aromatic carbocycles. The molecule has 1 unspecified atom stereocenters. The number of aliphatic hydroxyl groups is 1. The van der Waals surface area contributed by atoms with Crippen molar-refractivity contribution in [3.05, 3.63) is 23.9 Å². The van der Waals surface area contributed by atoms with Crippen molar-refractivity contribution < 1.29 is 9.84 Å². The third-order valence-corrected chi connectivity index (χ3v) is 3.80. The van der Waals surface area contributed by atoms with Crippen LogP contribution in [-0.2, 0) is 11.2 Å². The van der Waals surface area contributed by atoms with Gasteiger partial charge < -0.3 is 15.6 Å². The highest BCUT2D eigenvalue weighted by Crippen LogP contribution is 2.37. The second-order valence-electron chi connectivity index (χ2n) is 4.74. The Hall–Kier alpha value is -1.13. The number of aromatic nitrogens is 1. The number of anilines is 1. The summed E-state index contributed by atoms with van der Waals surface area (Å²) in [5.41, 5.74) is 6.29. The molecule has 1 fully saturated rings. The lowest BCUT2D eigenvalue weighted by Gasteiger charge is -2.33. The Kier molecular flexibility index (Phi) is 3.64. The normalized spacial score (nSPS) is 20.4. The molecule has 4 heteroatoms. The molecule has 1 aromatic heterocycles. The number of methoxy groups -OCH3 is 1. The summed E-state index contributed by atoms with van der Waals surface area (Å²) >= 11 is 0. The summed E-state index contributed by atoms with van der Waals surface area (Å²) in [4.78, 5) is 4.03. The molecule has 0 spiro atoms. The van der Waals surface area contributed by atoms with Crippen LogP contribution in [0.3, 0.4) is 0 Å². The molecule has 0 bridgehead atoms. The lowest BCUT2D eigenvalue weighted by atomic mass is 9.90. The Morgan fingerprint density at radius 1 is 1.53 bits per heavy atom. The molecule has 2 rings (SSSR count). The van der Waals surface area contributed by atoms with E-state index in [1.165, 1.54) is 0 Å². The number of pyridine rings is 1. The smallest absolute Gasteiger partial charge is 0.126 e. The van der Waals surface area contributed by atoms with Crippen molar-refractivity contribution in [1.29, 1.82) is 0 Å². The molecule has 17 heavy (non-hydrogen) atoms. The van der Waals surface area contributed by atoms with E-state index in [0.29, 0.717) is 12.2 Å². The van der Waals surface area contributed by atoms with Crippen LogP contribution in [0.25, 0.3) is 0 Å². The van der Waals surface area contributed by atoms with Gasteiger partial charge in [0.15, 0.2) is 0 Å². The minimum absolute atomic E-state index is 0.387. The average molecular weight is 236 g/mol. The topological polar surface area (TPSA) is 68.4 Å². The number of nitrogens with two attached hydrogens (primary N) is 1. The maximum atomic E-state index is 10.4. The summed E-state index contributed by atoms with van der Waals surface area (Å²) in [6, 6.07) is 3.75. The monoisotopic (exact) mass is 236 g/mol. The van der Waals surface area contributed by atoms with Crippen LogP contribution in [0.4, 0.5) is 5.82 Å². The van der Waals surface area contributed by atoms with Crippen LogP contribution in [-0.4, -0.2) is 28.9 Å². The van der Waals surface area contributed by atoms with Gasteiger partial charge in [0.2, 0.25) is 0 Å². The Bertz CT molecular complexity index is 375. The summed E-state index contributed by atoms with van der Waals surface area (Å²) in [5, 5.41) is 10.4. The SMILES string of the molecule is COC1(C(O)Cc2cccnc2N)CCCC1. The number of hydrogen-bond donors (Lipinski definition) is 2. The standard InChI is InChI=1S/C13H20N2O2/c1-17-13(6-2-3-7-13)11(16)9-10-5-4-8-15-12(10)14/h4-5,8,11,16H,2-3,6-7,9H2,1H3,(H2,14,15). The zero-order valence-electron chi connectivity index (χ0n) is 10.2. The molecular weight excluding hydrogens is 216 g/mol. The van der Waals surface area contributed by atoms with Crippen molar-refractivity contribution in [3.8, 4) is 0 Å². The summed E-state index contributed by atoms with van der Waals surface area (Å²) < 4.78 is 5.56. The van der Waals surface area contributed by atoms with E-state index in [0.717, 1.165) is 31.2 Å². The molecule has 94 valence electrons. The zero-order valence-corrected chi connectivity index (χ0v) is 10.2. The first kappa shape index (κ1) is 12.3. The Morgan fingerprint density at radius 2 is 2.24 bits per heavy atom. The molecule has 1 aliphatic carbocycles. The third-order valence-electron chi connectivity index (χ3n) is 3.80. The predicted molar refractivity (Wildman–Crippen MR) is 66.6 cm³/mol. The van der Waals surface area contributed by atoms with Gasteiger partial charge in [-0.05, 0) is 24.5 Å². The molecule has 3 N–H and O–H groups in total. The van der Waals surface area contributed by atoms with E-state index < -0.39 is 6.10 Å². The van der Waals surface area contributed by atoms with E-state index in [9.17, 15) is 5.11 Å². The largest absolute Gasteiger partial charge is 0.390 e. The van der Waals surface area contributed by atoms with Crippen LogP contribution in [0, 0.1) is 0 Å². The van der Waals surface area contributed by atoms with E-state index in [1.807, 2.05) is 12.1 Å². The molecule has 4 nitrogen and oxygen atoms in total. The van der Waals surface area contributed by atoms with Crippen molar-refractivity contribution in [2.24, 2.45) is 0 Å². The molecular formula is C13H20N2O2. The first-order valence-corrected chi connectivity index (χ1v) is 6.10. The molecule has 1 atom stereocenters. The van der Waals surface area contributed by atoms with Crippen molar-refractivity contribution in [3.63, 3.8) is 0 Å². The van der Waals surface area contributed by atoms with Gasteiger partial charge in [-0.25, -0.2) is 4.98 Å². The van der Waals surface area contributed by atoms with Crippen LogP contribution < -0.4 is 5.73 Å². The summed E-state index contributed by atoms with van der Waals surface area (Å²) in [5.74, 6) is 0.496. The molecule has 1 heterocycles. The fourth-order valence-corrected chi connectivity index (χ4v) is 2.66. The Morgan fingerprint density at radius 3 is 2.82 bits per heavy atom. The second-order valence-corrected chi connectivity index (χ2v) is 4.74. The Labute approximate surface area is 102 Å². The van der Waals surface area contributed by atoms with Gasteiger partial charge in [0.1, 0.15) is 5.82 Å². The van der Waals surface area contributed by atoms with Crippen LogP contribution in [0.15, 0.2) is 18.3 Å². The first-order chi connectivity index (χ1) is 8.18. The first-order valence-electron chi connectivity index (χ1n) is 6.10. The van der Waals surface area contributed by atoms with Crippen LogP contribution >= 0.6 is 0 Å². The predicted octanol–water partition coefficient (Wildman–Crippen LogP) is 1.53. The minimum atomic E-state index is -0.513. The van der Waals surface area contributed by atoms with Crippen LogP contribution in [0.2, 0.25) is 0 Å². The van der Waals surface area contributed by atoms with Gasteiger partial charge in [0.05, 0.1) is 11.7 Å². The molecule has 0 aliphatic heterocycles. The van der Waals surface area contributed by atoms with Gasteiger partial charge in [-0.15, -0.1) is 0 Å². The fourth-order valence-electron chi connectivity index (χ4n) is 2.66. The number of rotatable bonds is 4. The van der Waals surface area contributed by atoms with Gasteiger partial charge in [0.25, 0.3) is 0 Å². The maximum Gasteiger partial charge on any atom is 0.126 e. The average Bonchev–Trinajstić information content (AvgIpc) is 2.82. The van der Waals surface area contributed by atoms with Crippen molar-refractivity contribution in [2.75, 3.05) is 12.8 Å². The number of hydrogen-bond acceptors (Lipinski definition) is 4. The maximum absolute atomic E-state index is 10.4. The lowest BCUT2D eigenvalue weighted by molar-refractivity contribution is -0.0970. The highest BCUT2D eigenvalue weighted by Gasteiger charge is 2.40. The van der Waals surface area contributed by atoms with Gasteiger partial charge in [0, 0.05) is 19.7 Å². The highest BCUT2D eigenvalue weighted by molar-refractivity contribution is 5.39. The van der Waals surface area contributed by atoms with E-state index in [1.54, 1.807) is 13.3 Å². The molecule has 1 saturated carbocycles. The van der Waals surface area contributed by atoms with Crippen molar-refractivity contribution >= 4 is 5.82 Å². The molecule has 1 aromatic rings. The van der Waals surface area contributed by atoms with Crippen molar-refractivity contribution in [2.45, 2.75) is 43.8 Å². The lowest BCUT2D eigenvalue weighted by Crippen LogP contribution is -2.43. The van der Waals surface area contributed by atoms with E-state index in [4.69, 9.17) is 10.5 Å². The zero-order chi connectivity index (χ0) is 12.3. The quantitative estimate of drug-likeness (QED) is 0.831. The van der Waals surface area contributed by atoms with Gasteiger partial charge >= 0.3 is 0 Å². The Balaban J connectivity index is 2.10. The van der Waals surface area contributed by atoms with Gasteiger partial charge in [-0.3, -0.25) is 0 Å². The summed E-state index contributed by atoms with van der Waals surface area (Å²) in [6.07, 6.45) is 5.73. The molecule has 0 radical (unpaired) electrons. The number of nitrogen functional groups attached to an aromatic ring is 1. The van der Waals surface area contributed by atoms with E-state index in [-0.39, 0.29) is 5.60 Å². The van der Waals surface area contributed by atoms with Crippen molar-refractivity contribution in [1.82, 2.24) is 4.98 Å². The summed E-state index contributed by atoms with van der Waals surface area (Å²) in [6.45, 7) is 0. The summed E-state index contributed by atoms with van der Waals surface area (Å²) in [7, 11) is 1.68. The van der Waals surface area contributed by atoms with Gasteiger partial charge in [-0.2, -0.15) is 0 Å². The van der Waals surface area contributed by atoms with E-state index >= 15 is 0 Å². The third kappa shape index (κ3) is 2.42. The second kappa shape index (κ2) is 5.02. The number of ether oxygens (including phenoxy) is 1. The molecule has 0 amide bonds. The highest BCUT2D eigenvalue weighted by atomic mass is 16.5. The molecule has 1 aliphatic rings. The van der Waals surface area contributed by atoms with Gasteiger partial charge in [-0.1, -0.05) is 18.9 Å². The number of nitrogens with zero attached hydrogens (tertiary/aromatic N) is 1. The molecule has 0 saturated heterocycles. The van der Waals surface area contributed by atoms with E-state index in [2.05, 4.69) is 4.98 Å². The fraction of sp³-hybridized carbons (Fsp3) is 0.615. The minimum Gasteiger partial charge on any atom is -0.390 e.